The molecule has 0 aromatic carbocycles. The van der Waals surface area contributed by atoms with Gasteiger partial charge in [-0.15, -0.1) is 0 Å². The van der Waals surface area contributed by atoms with E-state index in [1.807, 2.05) is 0 Å². The summed E-state index contributed by atoms with van der Waals surface area (Å²) in [7, 11) is 0. The van der Waals surface area contributed by atoms with Gasteiger partial charge in [0.05, 0.1) is 6.54 Å². The largest absolute Gasteiger partial charge is 0.409 e. The molecule has 0 saturated carbocycles. The molecule has 12 heavy (non-hydrogen) atoms. The molecule has 0 aromatic rings. The summed E-state index contributed by atoms with van der Waals surface area (Å²) in [5.41, 5.74) is 5.42. The molecule has 1 saturated heterocycles. The maximum absolute atomic E-state index is 8.39. The normalized spacial score (nSPS) is 27.4. The molecule has 0 bridgehead atoms. The van der Waals surface area contributed by atoms with E-state index in [2.05, 4.69) is 17.0 Å². The van der Waals surface area contributed by atoms with Crippen LogP contribution in [0.5, 0.6) is 0 Å². The summed E-state index contributed by atoms with van der Waals surface area (Å²) in [5, 5.41) is 11.4. The Bertz CT molecular complexity index is 170. The van der Waals surface area contributed by atoms with Gasteiger partial charge in [0, 0.05) is 6.04 Å². The predicted molar refractivity (Wildman–Crippen MR) is 48.3 cm³/mol. The highest BCUT2D eigenvalue weighted by atomic mass is 16.4. The Kier molecular flexibility index (Phi) is 3.34. The van der Waals surface area contributed by atoms with Crippen molar-refractivity contribution in [1.29, 1.82) is 0 Å². The molecule has 0 radical (unpaired) electrons. The highest BCUT2D eigenvalue weighted by molar-refractivity contribution is 5.81. The van der Waals surface area contributed by atoms with Crippen molar-refractivity contribution in [3.63, 3.8) is 0 Å². The van der Waals surface area contributed by atoms with Crippen molar-refractivity contribution in [1.82, 2.24) is 4.90 Å². The van der Waals surface area contributed by atoms with Gasteiger partial charge in [-0.25, -0.2) is 0 Å². The Hall–Kier alpha value is -0.770. The minimum Gasteiger partial charge on any atom is -0.409 e. The van der Waals surface area contributed by atoms with Crippen molar-refractivity contribution < 1.29 is 5.21 Å². The first kappa shape index (κ1) is 9.32. The lowest BCUT2D eigenvalue weighted by Gasteiger charge is -2.32. The summed E-state index contributed by atoms with van der Waals surface area (Å²) in [4.78, 5) is 2.25. The van der Waals surface area contributed by atoms with Crippen LogP contribution < -0.4 is 5.73 Å². The van der Waals surface area contributed by atoms with Gasteiger partial charge >= 0.3 is 0 Å². The summed E-state index contributed by atoms with van der Waals surface area (Å²) < 4.78 is 0. The number of oxime groups is 1. The molecule has 1 unspecified atom stereocenters. The second kappa shape index (κ2) is 4.30. The third kappa shape index (κ3) is 2.37. The lowest BCUT2D eigenvalue weighted by atomic mass is 10.0. The van der Waals surface area contributed by atoms with Crippen molar-refractivity contribution in [2.75, 3.05) is 13.1 Å². The van der Waals surface area contributed by atoms with Gasteiger partial charge in [-0.05, 0) is 26.3 Å². The molecule has 0 aromatic heterocycles. The fourth-order valence-corrected chi connectivity index (χ4v) is 1.63. The summed E-state index contributed by atoms with van der Waals surface area (Å²) in [6.07, 6.45) is 3.75. The number of amidine groups is 1. The molecule has 70 valence electrons. The Morgan fingerprint density at radius 2 is 2.42 bits per heavy atom. The maximum atomic E-state index is 8.39. The van der Waals surface area contributed by atoms with Crippen LogP contribution in [0.4, 0.5) is 0 Å². The SMILES string of the molecule is CC1CCCCN1C/C(N)=N/O. The zero-order chi connectivity index (χ0) is 8.97. The fourth-order valence-electron chi connectivity index (χ4n) is 1.63. The molecule has 4 nitrogen and oxygen atoms in total. The Balaban J connectivity index is 2.39. The third-order valence-electron chi connectivity index (χ3n) is 2.43. The lowest BCUT2D eigenvalue weighted by Crippen LogP contribution is -2.42. The molecule has 3 N–H and O–H groups in total. The summed E-state index contributed by atoms with van der Waals surface area (Å²) in [6, 6.07) is 0.569. The number of nitrogens with two attached hydrogens (primary N) is 1. The van der Waals surface area contributed by atoms with Crippen LogP contribution >= 0.6 is 0 Å². The van der Waals surface area contributed by atoms with Gasteiger partial charge in [-0.2, -0.15) is 0 Å². The molecule has 1 fully saturated rings. The van der Waals surface area contributed by atoms with E-state index in [1.165, 1.54) is 19.3 Å². The van der Waals surface area contributed by atoms with Crippen molar-refractivity contribution in [3.8, 4) is 0 Å². The smallest absolute Gasteiger partial charge is 0.153 e. The molecule has 0 spiro atoms. The molecular weight excluding hydrogens is 154 g/mol. The van der Waals surface area contributed by atoms with Crippen LogP contribution in [0.15, 0.2) is 5.16 Å². The van der Waals surface area contributed by atoms with Crippen molar-refractivity contribution >= 4 is 5.84 Å². The molecule has 1 atom stereocenters. The first-order chi connectivity index (χ1) is 5.74. The van der Waals surface area contributed by atoms with Crippen LogP contribution in [0, 0.1) is 0 Å². The summed E-state index contributed by atoms with van der Waals surface area (Å²) >= 11 is 0. The first-order valence-electron chi connectivity index (χ1n) is 4.44. The van der Waals surface area contributed by atoms with Gasteiger partial charge in [0.1, 0.15) is 0 Å². The standard InChI is InChI=1S/C8H17N3O/c1-7-4-2-3-5-11(7)6-8(9)10-12/h7,12H,2-6H2,1H3,(H2,9,10). The number of piperidine rings is 1. The van der Waals surface area contributed by atoms with Crippen molar-refractivity contribution in [3.05, 3.63) is 0 Å². The van der Waals surface area contributed by atoms with Gasteiger partial charge in [-0.3, -0.25) is 4.90 Å². The van der Waals surface area contributed by atoms with Crippen LogP contribution in [-0.4, -0.2) is 35.1 Å². The van der Waals surface area contributed by atoms with Crippen LogP contribution in [0.1, 0.15) is 26.2 Å². The van der Waals surface area contributed by atoms with Crippen LogP contribution in [0.2, 0.25) is 0 Å². The second-order valence-electron chi connectivity index (χ2n) is 3.41. The molecule has 4 heteroatoms. The average molecular weight is 171 g/mol. The van der Waals surface area contributed by atoms with Gasteiger partial charge in [0.25, 0.3) is 0 Å². The fraction of sp³-hybridized carbons (Fsp3) is 0.875. The van der Waals surface area contributed by atoms with E-state index in [9.17, 15) is 0 Å². The van der Waals surface area contributed by atoms with Gasteiger partial charge in [0.2, 0.25) is 0 Å². The maximum Gasteiger partial charge on any atom is 0.153 e. The predicted octanol–water partition coefficient (Wildman–Crippen LogP) is 0.607. The highest BCUT2D eigenvalue weighted by Gasteiger charge is 2.18. The summed E-state index contributed by atoms with van der Waals surface area (Å²) in [5.74, 6) is 0.309. The molecular formula is C8H17N3O. The van der Waals surface area contributed by atoms with E-state index in [-0.39, 0.29) is 0 Å². The second-order valence-corrected chi connectivity index (χ2v) is 3.41. The molecule has 1 aliphatic heterocycles. The Labute approximate surface area is 73.0 Å². The molecule has 1 aliphatic rings. The topological polar surface area (TPSA) is 61.8 Å². The van der Waals surface area contributed by atoms with Crippen LogP contribution in [0.25, 0.3) is 0 Å². The zero-order valence-corrected chi connectivity index (χ0v) is 7.53. The van der Waals surface area contributed by atoms with Crippen molar-refractivity contribution in [2.45, 2.75) is 32.2 Å². The summed E-state index contributed by atoms with van der Waals surface area (Å²) in [6.45, 7) is 3.85. The van der Waals surface area contributed by atoms with E-state index in [1.54, 1.807) is 0 Å². The number of rotatable bonds is 2. The van der Waals surface area contributed by atoms with E-state index < -0.39 is 0 Å². The quantitative estimate of drug-likeness (QED) is 0.277. The van der Waals surface area contributed by atoms with Gasteiger partial charge < -0.3 is 10.9 Å². The average Bonchev–Trinajstić information content (AvgIpc) is 2.09. The van der Waals surface area contributed by atoms with Crippen LogP contribution in [0.3, 0.4) is 0 Å². The van der Waals surface area contributed by atoms with E-state index in [4.69, 9.17) is 10.9 Å². The highest BCUT2D eigenvalue weighted by Crippen LogP contribution is 2.15. The van der Waals surface area contributed by atoms with Gasteiger partial charge in [-0.1, -0.05) is 11.6 Å². The van der Waals surface area contributed by atoms with Crippen LogP contribution in [-0.2, 0) is 0 Å². The van der Waals surface area contributed by atoms with E-state index in [0.29, 0.717) is 18.4 Å². The van der Waals surface area contributed by atoms with Crippen molar-refractivity contribution in [2.24, 2.45) is 10.9 Å². The molecule has 1 rings (SSSR count). The Morgan fingerprint density at radius 1 is 1.67 bits per heavy atom. The van der Waals surface area contributed by atoms with E-state index in [0.717, 1.165) is 6.54 Å². The molecule has 0 amide bonds. The molecule has 1 heterocycles. The monoisotopic (exact) mass is 171 g/mol. The minimum absolute atomic E-state index is 0.309. The van der Waals surface area contributed by atoms with Gasteiger partial charge in [0.15, 0.2) is 5.84 Å². The Morgan fingerprint density at radius 3 is 3.00 bits per heavy atom. The number of hydrogen-bond donors (Lipinski definition) is 2. The lowest BCUT2D eigenvalue weighted by molar-refractivity contribution is 0.182. The minimum atomic E-state index is 0.309. The number of likely N-dealkylation sites (tertiary alicyclic amines) is 1. The zero-order valence-electron chi connectivity index (χ0n) is 7.53. The third-order valence-corrected chi connectivity index (χ3v) is 2.43. The number of nitrogens with zero attached hydrogens (tertiary/aromatic N) is 2. The molecule has 0 aliphatic carbocycles. The van der Waals surface area contributed by atoms with E-state index >= 15 is 0 Å². The number of hydrogen-bond acceptors (Lipinski definition) is 3. The first-order valence-corrected chi connectivity index (χ1v) is 4.44.